The van der Waals surface area contributed by atoms with Gasteiger partial charge in [-0.2, -0.15) is 0 Å². The molecule has 0 saturated heterocycles. The summed E-state index contributed by atoms with van der Waals surface area (Å²) in [6, 6.07) is 9.34. The number of amides is 1. The molecule has 1 aromatic heterocycles. The highest BCUT2D eigenvalue weighted by atomic mass is 16.2. The van der Waals surface area contributed by atoms with Crippen molar-refractivity contribution in [2.45, 2.75) is 20.4 Å². The molecule has 1 aliphatic rings. The van der Waals surface area contributed by atoms with Gasteiger partial charge in [0, 0.05) is 6.20 Å². The van der Waals surface area contributed by atoms with Gasteiger partial charge in [0.1, 0.15) is 0 Å². The van der Waals surface area contributed by atoms with Crippen LogP contribution in [-0.2, 0) is 11.3 Å². The number of hydrogen-bond donors (Lipinski definition) is 0. The number of nitrogens with zero attached hydrogens (tertiary/aromatic N) is 2. The topological polar surface area (TPSA) is 50.3 Å². The van der Waals surface area contributed by atoms with E-state index in [1.165, 1.54) is 4.90 Å². The predicted molar refractivity (Wildman–Crippen MR) is 75.7 cm³/mol. The summed E-state index contributed by atoms with van der Waals surface area (Å²) < 4.78 is 0. The summed E-state index contributed by atoms with van der Waals surface area (Å²) in [7, 11) is 0. The Morgan fingerprint density at radius 1 is 1.15 bits per heavy atom. The van der Waals surface area contributed by atoms with E-state index in [0.717, 1.165) is 16.8 Å². The second kappa shape index (κ2) is 4.56. The minimum Gasteiger partial charge on any atom is -0.299 e. The second-order valence-corrected chi connectivity index (χ2v) is 5.02. The maximum absolute atomic E-state index is 12.2. The maximum atomic E-state index is 12.2. The van der Waals surface area contributed by atoms with Gasteiger partial charge < -0.3 is 0 Å². The van der Waals surface area contributed by atoms with E-state index in [9.17, 15) is 9.59 Å². The van der Waals surface area contributed by atoms with Crippen LogP contribution in [0.1, 0.15) is 27.2 Å². The lowest BCUT2D eigenvalue weighted by molar-refractivity contribution is -0.114. The number of carbonyl (C=O) groups excluding carboxylic acids is 2. The Morgan fingerprint density at radius 3 is 2.65 bits per heavy atom. The van der Waals surface area contributed by atoms with Gasteiger partial charge in [0.15, 0.2) is 0 Å². The molecular formula is C16H14N2O2. The molecular weight excluding hydrogens is 252 g/mol. The zero-order valence-corrected chi connectivity index (χ0v) is 11.4. The Morgan fingerprint density at radius 2 is 1.95 bits per heavy atom. The summed E-state index contributed by atoms with van der Waals surface area (Å²) in [5, 5.41) is 0. The normalized spacial score (nSPS) is 13.8. The summed E-state index contributed by atoms with van der Waals surface area (Å²) in [5.74, 6) is -0.896. The van der Waals surface area contributed by atoms with Gasteiger partial charge in [-0.3, -0.25) is 19.5 Å². The molecule has 0 N–H and O–H groups in total. The summed E-state index contributed by atoms with van der Waals surface area (Å²) in [6.07, 6.45) is 1.68. The molecule has 4 nitrogen and oxygen atoms in total. The van der Waals surface area contributed by atoms with E-state index in [4.69, 9.17) is 0 Å². The first kappa shape index (κ1) is 12.5. The van der Waals surface area contributed by atoms with E-state index in [0.29, 0.717) is 17.8 Å². The van der Waals surface area contributed by atoms with Crippen molar-refractivity contribution >= 4 is 17.4 Å². The van der Waals surface area contributed by atoms with Gasteiger partial charge in [-0.05, 0) is 43.2 Å². The molecule has 100 valence electrons. The number of rotatable bonds is 2. The Bertz CT molecular complexity index is 708. The number of aryl methyl sites for hydroxylation is 2. The van der Waals surface area contributed by atoms with Crippen molar-refractivity contribution in [3.05, 3.63) is 58.9 Å². The van der Waals surface area contributed by atoms with Crippen LogP contribution in [-0.4, -0.2) is 16.7 Å². The molecule has 0 fully saturated rings. The lowest BCUT2D eigenvalue weighted by Crippen LogP contribution is -2.29. The molecule has 0 saturated carbocycles. The Balaban J connectivity index is 2.06. The summed E-state index contributed by atoms with van der Waals surface area (Å²) >= 11 is 0. The first-order chi connectivity index (χ1) is 9.58. The van der Waals surface area contributed by atoms with Crippen LogP contribution in [0.15, 0.2) is 36.5 Å². The number of benzene rings is 1. The van der Waals surface area contributed by atoms with E-state index in [1.54, 1.807) is 6.20 Å². The van der Waals surface area contributed by atoms with Gasteiger partial charge in [0.2, 0.25) is 0 Å². The highest BCUT2D eigenvalue weighted by molar-refractivity contribution is 6.52. The van der Waals surface area contributed by atoms with Crippen LogP contribution in [0, 0.1) is 13.8 Å². The summed E-state index contributed by atoms with van der Waals surface area (Å²) in [6.45, 7) is 4.14. The number of hydrogen-bond acceptors (Lipinski definition) is 3. The molecule has 0 unspecified atom stereocenters. The third-order valence-electron chi connectivity index (χ3n) is 3.46. The van der Waals surface area contributed by atoms with Crippen molar-refractivity contribution in [1.82, 2.24) is 4.98 Å². The molecule has 1 aliphatic heterocycles. The quantitative estimate of drug-likeness (QED) is 0.784. The minimum atomic E-state index is -0.473. The molecule has 4 heteroatoms. The monoisotopic (exact) mass is 266 g/mol. The first-order valence-corrected chi connectivity index (χ1v) is 6.45. The zero-order chi connectivity index (χ0) is 14.3. The number of anilines is 1. The zero-order valence-electron chi connectivity index (χ0n) is 11.4. The fraction of sp³-hybridized carbons (Fsp3) is 0.188. The maximum Gasteiger partial charge on any atom is 0.299 e. The second-order valence-electron chi connectivity index (χ2n) is 5.02. The number of ketones is 1. The van der Waals surface area contributed by atoms with E-state index in [2.05, 4.69) is 4.98 Å². The fourth-order valence-electron chi connectivity index (χ4n) is 2.60. The molecule has 0 aliphatic carbocycles. The molecule has 0 atom stereocenters. The molecule has 1 aromatic carbocycles. The lowest BCUT2D eigenvalue weighted by Gasteiger charge is -2.16. The molecule has 3 rings (SSSR count). The van der Waals surface area contributed by atoms with Gasteiger partial charge >= 0.3 is 0 Å². The van der Waals surface area contributed by atoms with Crippen LogP contribution >= 0.6 is 0 Å². The Labute approximate surface area is 117 Å². The van der Waals surface area contributed by atoms with Crippen molar-refractivity contribution in [3.8, 4) is 0 Å². The number of aromatic nitrogens is 1. The van der Waals surface area contributed by atoms with E-state index >= 15 is 0 Å². The molecule has 0 spiro atoms. The third-order valence-corrected chi connectivity index (χ3v) is 3.46. The van der Waals surface area contributed by atoms with Gasteiger partial charge in [-0.15, -0.1) is 0 Å². The van der Waals surface area contributed by atoms with Crippen molar-refractivity contribution in [1.29, 1.82) is 0 Å². The lowest BCUT2D eigenvalue weighted by atomic mass is 10.0. The average Bonchev–Trinajstić information content (AvgIpc) is 2.65. The molecule has 0 bridgehead atoms. The molecule has 20 heavy (non-hydrogen) atoms. The Kier molecular flexibility index (Phi) is 2.86. The fourth-order valence-corrected chi connectivity index (χ4v) is 2.60. The van der Waals surface area contributed by atoms with Crippen LogP contribution in [0.4, 0.5) is 5.69 Å². The predicted octanol–water partition coefficient (Wildman–Crippen LogP) is 2.43. The van der Waals surface area contributed by atoms with E-state index in [-0.39, 0.29) is 0 Å². The minimum absolute atomic E-state index is 0.321. The van der Waals surface area contributed by atoms with Crippen molar-refractivity contribution in [2.75, 3.05) is 4.90 Å². The SMILES string of the molecule is Cc1cc(C)c2c(c1)N(Cc1ccccn1)C(=O)C2=O. The summed E-state index contributed by atoms with van der Waals surface area (Å²) in [4.78, 5) is 30.0. The number of carbonyl (C=O) groups is 2. The Hall–Kier alpha value is -2.49. The smallest absolute Gasteiger partial charge is 0.299 e. The van der Waals surface area contributed by atoms with Crippen LogP contribution in [0.3, 0.4) is 0 Å². The van der Waals surface area contributed by atoms with E-state index in [1.807, 2.05) is 44.2 Å². The van der Waals surface area contributed by atoms with Crippen molar-refractivity contribution in [3.63, 3.8) is 0 Å². The molecule has 0 radical (unpaired) electrons. The van der Waals surface area contributed by atoms with Crippen LogP contribution in [0.2, 0.25) is 0 Å². The molecule has 2 aromatic rings. The van der Waals surface area contributed by atoms with Gasteiger partial charge in [0.25, 0.3) is 11.7 Å². The van der Waals surface area contributed by atoms with Crippen molar-refractivity contribution in [2.24, 2.45) is 0 Å². The third kappa shape index (κ3) is 1.90. The number of pyridine rings is 1. The largest absolute Gasteiger partial charge is 0.299 e. The van der Waals surface area contributed by atoms with E-state index < -0.39 is 11.7 Å². The average molecular weight is 266 g/mol. The summed E-state index contributed by atoms with van der Waals surface area (Å²) in [5.41, 5.74) is 3.87. The van der Waals surface area contributed by atoms with Crippen molar-refractivity contribution < 1.29 is 9.59 Å². The number of fused-ring (bicyclic) bond motifs is 1. The van der Waals surface area contributed by atoms with Crippen LogP contribution in [0.25, 0.3) is 0 Å². The molecule has 1 amide bonds. The van der Waals surface area contributed by atoms with Gasteiger partial charge in [-0.1, -0.05) is 12.1 Å². The van der Waals surface area contributed by atoms with Crippen LogP contribution < -0.4 is 4.90 Å². The highest BCUT2D eigenvalue weighted by Crippen LogP contribution is 2.33. The highest BCUT2D eigenvalue weighted by Gasteiger charge is 2.37. The number of Topliss-reactive ketones (excluding diaryl/α,β-unsaturated/α-hetero) is 1. The van der Waals surface area contributed by atoms with Gasteiger partial charge in [0.05, 0.1) is 23.5 Å². The molecule has 2 heterocycles. The first-order valence-electron chi connectivity index (χ1n) is 6.45. The van der Waals surface area contributed by atoms with Gasteiger partial charge in [-0.25, -0.2) is 0 Å². The van der Waals surface area contributed by atoms with Crippen LogP contribution in [0.5, 0.6) is 0 Å². The standard InChI is InChI=1S/C16H14N2O2/c1-10-7-11(2)14-13(8-10)18(16(20)15(14)19)9-12-5-3-4-6-17-12/h3-8H,9H2,1-2H3.